The van der Waals surface area contributed by atoms with Crippen LogP contribution in [0.3, 0.4) is 0 Å². The molecule has 1 aliphatic carbocycles. The van der Waals surface area contributed by atoms with Crippen molar-refractivity contribution in [2.75, 3.05) is 0 Å². The molecule has 0 unspecified atom stereocenters. The Morgan fingerprint density at radius 1 is 1.29 bits per heavy atom. The molecule has 0 spiro atoms. The van der Waals surface area contributed by atoms with Crippen LogP contribution in [-0.2, 0) is 0 Å². The number of rotatable bonds is 2. The molecule has 1 N–H and O–H groups in total. The van der Waals surface area contributed by atoms with Crippen LogP contribution >= 0.6 is 11.8 Å². The number of benzene rings is 1. The highest BCUT2D eigenvalue weighted by Gasteiger charge is 2.26. The number of aliphatic hydroxyl groups is 1. The van der Waals surface area contributed by atoms with E-state index < -0.39 is 0 Å². The summed E-state index contributed by atoms with van der Waals surface area (Å²) in [5.74, 6) is -0.184. The van der Waals surface area contributed by atoms with E-state index in [1.165, 1.54) is 17.8 Å². The second kappa shape index (κ2) is 4.32. The van der Waals surface area contributed by atoms with Crippen LogP contribution < -0.4 is 0 Å². The lowest BCUT2D eigenvalue weighted by Crippen LogP contribution is -2.15. The minimum Gasteiger partial charge on any atom is -0.392 e. The third-order valence-electron chi connectivity index (χ3n) is 2.53. The zero-order valence-corrected chi connectivity index (χ0v) is 8.64. The minimum atomic E-state index is -0.264. The molecule has 2 rings (SSSR count). The third kappa shape index (κ3) is 2.10. The number of aliphatic hydroxyl groups excluding tert-OH is 1. The van der Waals surface area contributed by atoms with Crippen LogP contribution in [0.4, 0.5) is 4.39 Å². The molecule has 1 aromatic carbocycles. The Morgan fingerprint density at radius 3 is 2.71 bits per heavy atom. The van der Waals surface area contributed by atoms with Crippen molar-refractivity contribution in [1.82, 2.24) is 0 Å². The van der Waals surface area contributed by atoms with Gasteiger partial charge in [-0.25, -0.2) is 4.39 Å². The van der Waals surface area contributed by atoms with Gasteiger partial charge in [-0.3, -0.25) is 0 Å². The van der Waals surface area contributed by atoms with E-state index in [0.717, 1.165) is 19.3 Å². The first-order valence-electron chi connectivity index (χ1n) is 4.86. The quantitative estimate of drug-likeness (QED) is 0.813. The fourth-order valence-electron chi connectivity index (χ4n) is 1.75. The SMILES string of the molecule is O[C@H]1CCC[C@@H]1Sc1ccccc1F. The molecule has 1 aromatic rings. The smallest absolute Gasteiger partial charge is 0.136 e. The highest BCUT2D eigenvalue weighted by Crippen LogP contribution is 2.35. The summed E-state index contributed by atoms with van der Waals surface area (Å²) in [5, 5.41) is 9.77. The molecular weight excluding hydrogens is 199 g/mol. The zero-order valence-electron chi connectivity index (χ0n) is 7.82. The Hall–Kier alpha value is -0.540. The first-order valence-corrected chi connectivity index (χ1v) is 5.74. The van der Waals surface area contributed by atoms with Crippen LogP contribution in [0, 0.1) is 5.82 Å². The van der Waals surface area contributed by atoms with Crippen LogP contribution in [0.25, 0.3) is 0 Å². The van der Waals surface area contributed by atoms with Gasteiger partial charge in [0, 0.05) is 10.1 Å². The lowest BCUT2D eigenvalue weighted by atomic mass is 10.3. The summed E-state index contributed by atoms with van der Waals surface area (Å²) in [6.07, 6.45) is 2.62. The van der Waals surface area contributed by atoms with Crippen molar-refractivity contribution < 1.29 is 9.50 Å². The van der Waals surface area contributed by atoms with Gasteiger partial charge in [0.25, 0.3) is 0 Å². The highest BCUT2D eigenvalue weighted by atomic mass is 32.2. The van der Waals surface area contributed by atoms with Gasteiger partial charge in [-0.1, -0.05) is 12.1 Å². The van der Waals surface area contributed by atoms with Crippen LogP contribution in [0.1, 0.15) is 19.3 Å². The molecule has 1 nitrogen and oxygen atoms in total. The highest BCUT2D eigenvalue weighted by molar-refractivity contribution is 8.00. The number of thioether (sulfide) groups is 1. The van der Waals surface area contributed by atoms with Crippen LogP contribution in [0.2, 0.25) is 0 Å². The summed E-state index contributed by atoms with van der Waals surface area (Å²) in [4.78, 5) is 0.651. The Bertz CT molecular complexity index is 316. The van der Waals surface area contributed by atoms with E-state index in [1.54, 1.807) is 12.1 Å². The summed E-state index contributed by atoms with van der Waals surface area (Å²) >= 11 is 1.46. The summed E-state index contributed by atoms with van der Waals surface area (Å²) in [7, 11) is 0. The van der Waals surface area contributed by atoms with Crippen molar-refractivity contribution in [3.63, 3.8) is 0 Å². The Labute approximate surface area is 87.3 Å². The van der Waals surface area contributed by atoms with Crippen molar-refractivity contribution >= 4 is 11.8 Å². The van der Waals surface area contributed by atoms with Crippen LogP contribution in [0.5, 0.6) is 0 Å². The summed E-state index contributed by atoms with van der Waals surface area (Å²) in [6.45, 7) is 0. The van der Waals surface area contributed by atoms with Crippen LogP contribution in [0.15, 0.2) is 29.2 Å². The van der Waals surface area contributed by atoms with Crippen LogP contribution in [-0.4, -0.2) is 16.5 Å². The molecule has 14 heavy (non-hydrogen) atoms. The second-order valence-electron chi connectivity index (χ2n) is 3.58. The van der Waals surface area contributed by atoms with Crippen molar-refractivity contribution in [2.24, 2.45) is 0 Å². The standard InChI is InChI=1S/C11H13FOS/c12-8-4-1-2-6-10(8)14-11-7-3-5-9(11)13/h1-2,4,6,9,11,13H,3,5,7H2/t9-,11-/m0/s1. The van der Waals surface area contributed by atoms with Crippen molar-refractivity contribution in [2.45, 2.75) is 35.5 Å². The summed E-state index contributed by atoms with van der Waals surface area (Å²) in [5.41, 5.74) is 0. The third-order valence-corrected chi connectivity index (χ3v) is 3.97. The average Bonchev–Trinajstić information content (AvgIpc) is 2.56. The largest absolute Gasteiger partial charge is 0.392 e. The molecule has 76 valence electrons. The first kappa shape index (κ1) is 9.99. The van der Waals surface area contributed by atoms with E-state index in [-0.39, 0.29) is 17.2 Å². The summed E-state index contributed by atoms with van der Waals surface area (Å²) in [6, 6.07) is 6.74. The van der Waals surface area contributed by atoms with Gasteiger partial charge in [0.2, 0.25) is 0 Å². The number of halogens is 1. The molecule has 1 fully saturated rings. The molecule has 0 aromatic heterocycles. The minimum absolute atomic E-state index is 0.173. The molecule has 0 bridgehead atoms. The maximum absolute atomic E-state index is 13.3. The lowest BCUT2D eigenvalue weighted by Gasteiger charge is -2.13. The Balaban J connectivity index is 2.07. The molecular formula is C11H13FOS. The van der Waals surface area contributed by atoms with Gasteiger partial charge in [-0.05, 0) is 31.4 Å². The maximum atomic E-state index is 13.3. The average molecular weight is 212 g/mol. The normalized spacial score (nSPS) is 26.7. The van der Waals surface area contributed by atoms with Gasteiger partial charge >= 0.3 is 0 Å². The number of hydrogen-bond donors (Lipinski definition) is 1. The van der Waals surface area contributed by atoms with E-state index in [9.17, 15) is 9.50 Å². The maximum Gasteiger partial charge on any atom is 0.136 e. The predicted molar refractivity (Wildman–Crippen MR) is 55.9 cm³/mol. The van der Waals surface area contributed by atoms with E-state index in [4.69, 9.17) is 0 Å². The molecule has 0 amide bonds. The van der Waals surface area contributed by atoms with E-state index in [2.05, 4.69) is 0 Å². The fraction of sp³-hybridized carbons (Fsp3) is 0.455. The number of hydrogen-bond acceptors (Lipinski definition) is 2. The van der Waals surface area contributed by atoms with Gasteiger partial charge in [0.15, 0.2) is 0 Å². The van der Waals surface area contributed by atoms with Gasteiger partial charge in [-0.15, -0.1) is 11.8 Å². The molecule has 3 heteroatoms. The topological polar surface area (TPSA) is 20.2 Å². The van der Waals surface area contributed by atoms with E-state index >= 15 is 0 Å². The van der Waals surface area contributed by atoms with Crippen molar-refractivity contribution in [3.8, 4) is 0 Å². The molecule has 1 saturated carbocycles. The molecule has 0 saturated heterocycles. The monoisotopic (exact) mass is 212 g/mol. The fourth-order valence-corrected chi connectivity index (χ4v) is 2.99. The molecule has 0 heterocycles. The Kier molecular flexibility index (Phi) is 3.08. The molecule has 0 radical (unpaired) electrons. The zero-order chi connectivity index (χ0) is 9.97. The van der Waals surface area contributed by atoms with E-state index in [0.29, 0.717) is 4.90 Å². The molecule has 1 aliphatic rings. The van der Waals surface area contributed by atoms with Gasteiger partial charge < -0.3 is 5.11 Å². The first-order chi connectivity index (χ1) is 6.77. The predicted octanol–water partition coefficient (Wildman–Crippen LogP) is 2.83. The Morgan fingerprint density at radius 2 is 2.07 bits per heavy atom. The van der Waals surface area contributed by atoms with E-state index in [1.807, 2.05) is 6.07 Å². The molecule has 0 aliphatic heterocycles. The molecule has 2 atom stereocenters. The van der Waals surface area contributed by atoms with Gasteiger partial charge in [-0.2, -0.15) is 0 Å². The lowest BCUT2D eigenvalue weighted by molar-refractivity contribution is 0.188. The van der Waals surface area contributed by atoms with Gasteiger partial charge in [0.1, 0.15) is 5.82 Å². The second-order valence-corrected chi connectivity index (χ2v) is 4.87. The van der Waals surface area contributed by atoms with Crippen molar-refractivity contribution in [1.29, 1.82) is 0 Å². The summed E-state index contributed by atoms with van der Waals surface area (Å²) < 4.78 is 13.3. The van der Waals surface area contributed by atoms with Gasteiger partial charge in [0.05, 0.1) is 6.10 Å². The van der Waals surface area contributed by atoms with Crippen molar-refractivity contribution in [3.05, 3.63) is 30.1 Å².